The second kappa shape index (κ2) is 6.55. The van der Waals surface area contributed by atoms with Crippen molar-refractivity contribution in [2.24, 2.45) is 0 Å². The minimum absolute atomic E-state index is 0.0271. The smallest absolute Gasteiger partial charge is 0.262 e. The van der Waals surface area contributed by atoms with Gasteiger partial charge in [0, 0.05) is 13.1 Å². The minimum atomic E-state index is -0.466. The van der Waals surface area contributed by atoms with Crippen LogP contribution in [0, 0.1) is 0 Å². The molecule has 3 aliphatic heterocycles. The Labute approximate surface area is 167 Å². The van der Waals surface area contributed by atoms with E-state index < -0.39 is 17.7 Å². The average Bonchev–Trinajstić information content (AvgIpc) is 2.98. The number of imide groups is 1. The normalized spacial score (nSPS) is 20.5. The lowest BCUT2D eigenvalue weighted by atomic mass is 9.91. The fourth-order valence-electron chi connectivity index (χ4n) is 4.48. The third kappa shape index (κ3) is 2.73. The Morgan fingerprint density at radius 2 is 1.59 bits per heavy atom. The van der Waals surface area contributed by atoms with Crippen molar-refractivity contribution in [2.45, 2.75) is 12.5 Å². The Morgan fingerprint density at radius 1 is 0.931 bits per heavy atom. The van der Waals surface area contributed by atoms with E-state index in [-0.39, 0.29) is 25.0 Å². The molecule has 7 nitrogen and oxygen atoms in total. The van der Waals surface area contributed by atoms with Crippen LogP contribution in [0.2, 0.25) is 0 Å². The van der Waals surface area contributed by atoms with Gasteiger partial charge in [-0.3, -0.25) is 24.1 Å². The second-order valence-electron chi connectivity index (χ2n) is 7.57. The van der Waals surface area contributed by atoms with Gasteiger partial charge in [-0.1, -0.05) is 36.4 Å². The van der Waals surface area contributed by atoms with E-state index in [1.807, 2.05) is 23.1 Å². The SMILES string of the molecule is O=C(CN1C(=O)c2ccccc2C1=O)N1CC(=O)N2CCc3ccccc3[C@H]2C1. The number of nitrogens with zero attached hydrogens (tertiary/aromatic N) is 3. The Morgan fingerprint density at radius 3 is 2.31 bits per heavy atom. The lowest BCUT2D eigenvalue weighted by Gasteiger charge is -2.44. The highest BCUT2D eigenvalue weighted by molar-refractivity contribution is 6.22. The summed E-state index contributed by atoms with van der Waals surface area (Å²) in [7, 11) is 0. The largest absolute Gasteiger partial charge is 0.332 e. The molecule has 146 valence electrons. The highest BCUT2D eigenvalue weighted by Gasteiger charge is 2.41. The molecule has 1 saturated heterocycles. The van der Waals surface area contributed by atoms with Crippen molar-refractivity contribution < 1.29 is 19.2 Å². The van der Waals surface area contributed by atoms with Gasteiger partial charge in [-0.05, 0) is 29.7 Å². The van der Waals surface area contributed by atoms with Crippen LogP contribution in [0.3, 0.4) is 0 Å². The van der Waals surface area contributed by atoms with Gasteiger partial charge in [-0.25, -0.2) is 0 Å². The van der Waals surface area contributed by atoms with Crippen molar-refractivity contribution in [1.82, 2.24) is 14.7 Å². The van der Waals surface area contributed by atoms with Crippen LogP contribution in [0.5, 0.6) is 0 Å². The summed E-state index contributed by atoms with van der Waals surface area (Å²) in [4.78, 5) is 55.0. The van der Waals surface area contributed by atoms with E-state index >= 15 is 0 Å². The molecule has 0 bridgehead atoms. The Kier molecular flexibility index (Phi) is 3.97. The third-order valence-electron chi connectivity index (χ3n) is 5.98. The molecule has 0 aliphatic carbocycles. The van der Waals surface area contributed by atoms with Crippen LogP contribution < -0.4 is 0 Å². The van der Waals surface area contributed by atoms with Gasteiger partial charge < -0.3 is 9.80 Å². The van der Waals surface area contributed by atoms with Gasteiger partial charge in [0.25, 0.3) is 11.8 Å². The van der Waals surface area contributed by atoms with Crippen molar-refractivity contribution in [1.29, 1.82) is 0 Å². The summed E-state index contributed by atoms with van der Waals surface area (Å²) in [5.74, 6) is -1.43. The second-order valence-corrected chi connectivity index (χ2v) is 7.57. The third-order valence-corrected chi connectivity index (χ3v) is 5.98. The van der Waals surface area contributed by atoms with Crippen LogP contribution in [-0.4, -0.2) is 64.5 Å². The molecule has 1 atom stereocenters. The molecule has 0 unspecified atom stereocenters. The van der Waals surface area contributed by atoms with Crippen LogP contribution in [0.15, 0.2) is 48.5 Å². The lowest BCUT2D eigenvalue weighted by molar-refractivity contribution is -0.149. The maximum atomic E-state index is 12.9. The number of hydrogen-bond donors (Lipinski definition) is 0. The topological polar surface area (TPSA) is 78.0 Å². The molecule has 1 fully saturated rings. The van der Waals surface area contributed by atoms with Crippen LogP contribution in [0.4, 0.5) is 0 Å². The van der Waals surface area contributed by atoms with Gasteiger partial charge in [0.1, 0.15) is 6.54 Å². The van der Waals surface area contributed by atoms with Crippen molar-refractivity contribution in [2.75, 3.05) is 26.2 Å². The Hall–Kier alpha value is -3.48. The van der Waals surface area contributed by atoms with E-state index in [1.54, 1.807) is 24.3 Å². The van der Waals surface area contributed by atoms with Crippen molar-refractivity contribution in [3.8, 4) is 0 Å². The molecule has 29 heavy (non-hydrogen) atoms. The molecule has 0 N–H and O–H groups in total. The molecule has 7 heteroatoms. The standard InChI is InChI=1S/C22H19N3O4/c26-19(13-25-21(28)16-7-3-4-8-17(16)22(25)29)23-11-18-15-6-2-1-5-14(15)9-10-24(18)20(27)12-23/h1-8,18H,9-13H2/t18-/m1/s1. The number of carbonyl (C=O) groups excluding carboxylic acids is 4. The molecule has 0 spiro atoms. The summed E-state index contributed by atoms with van der Waals surface area (Å²) in [5, 5.41) is 0. The summed E-state index contributed by atoms with van der Waals surface area (Å²) < 4.78 is 0. The molecule has 0 radical (unpaired) electrons. The van der Waals surface area contributed by atoms with Crippen LogP contribution in [0.25, 0.3) is 0 Å². The Bertz CT molecular complexity index is 1030. The molecule has 2 aromatic rings. The first-order valence-corrected chi connectivity index (χ1v) is 9.65. The molecular formula is C22H19N3O4. The van der Waals surface area contributed by atoms with E-state index in [0.29, 0.717) is 24.2 Å². The monoisotopic (exact) mass is 389 g/mol. The molecule has 0 aromatic heterocycles. The fraction of sp³-hybridized carbons (Fsp3) is 0.273. The van der Waals surface area contributed by atoms with E-state index in [1.165, 1.54) is 10.5 Å². The van der Waals surface area contributed by atoms with Gasteiger partial charge in [0.05, 0.1) is 23.7 Å². The minimum Gasteiger partial charge on any atom is -0.332 e. The number of carbonyl (C=O) groups is 4. The predicted octanol–water partition coefficient (Wildman–Crippen LogP) is 1.25. The predicted molar refractivity (Wildman–Crippen MR) is 103 cm³/mol. The van der Waals surface area contributed by atoms with E-state index in [4.69, 9.17) is 0 Å². The first kappa shape index (κ1) is 17.6. The molecule has 3 aliphatic rings. The summed E-state index contributed by atoms with van der Waals surface area (Å²) in [6.45, 7) is 0.625. The number of amides is 4. The van der Waals surface area contributed by atoms with Gasteiger partial charge in [-0.15, -0.1) is 0 Å². The highest BCUT2D eigenvalue weighted by Crippen LogP contribution is 2.33. The van der Waals surface area contributed by atoms with Gasteiger partial charge in [-0.2, -0.15) is 0 Å². The summed E-state index contributed by atoms with van der Waals surface area (Å²) in [6.07, 6.45) is 0.807. The van der Waals surface area contributed by atoms with Crippen molar-refractivity contribution in [3.05, 3.63) is 70.8 Å². The fourth-order valence-corrected chi connectivity index (χ4v) is 4.48. The van der Waals surface area contributed by atoms with Crippen molar-refractivity contribution in [3.63, 3.8) is 0 Å². The van der Waals surface area contributed by atoms with Gasteiger partial charge >= 0.3 is 0 Å². The summed E-state index contributed by atoms with van der Waals surface area (Å²) in [5.41, 5.74) is 2.88. The Balaban J connectivity index is 1.36. The average molecular weight is 389 g/mol. The van der Waals surface area contributed by atoms with E-state index in [0.717, 1.165) is 16.9 Å². The summed E-state index contributed by atoms with van der Waals surface area (Å²) in [6, 6.07) is 14.3. The maximum Gasteiger partial charge on any atom is 0.262 e. The summed E-state index contributed by atoms with van der Waals surface area (Å²) >= 11 is 0. The molecular weight excluding hydrogens is 370 g/mol. The molecule has 5 rings (SSSR count). The number of fused-ring (bicyclic) bond motifs is 4. The number of rotatable bonds is 2. The van der Waals surface area contributed by atoms with E-state index in [9.17, 15) is 19.2 Å². The zero-order chi connectivity index (χ0) is 20.1. The molecule has 3 heterocycles. The van der Waals surface area contributed by atoms with Crippen LogP contribution >= 0.6 is 0 Å². The van der Waals surface area contributed by atoms with Crippen LogP contribution in [0.1, 0.15) is 37.9 Å². The number of hydrogen-bond acceptors (Lipinski definition) is 4. The first-order valence-electron chi connectivity index (χ1n) is 9.65. The quantitative estimate of drug-likeness (QED) is 0.725. The molecule has 0 saturated carbocycles. The van der Waals surface area contributed by atoms with E-state index in [2.05, 4.69) is 6.07 Å². The lowest BCUT2D eigenvalue weighted by Crippen LogP contribution is -2.57. The van der Waals surface area contributed by atoms with Gasteiger partial charge in [0.2, 0.25) is 11.8 Å². The van der Waals surface area contributed by atoms with Crippen LogP contribution in [-0.2, 0) is 16.0 Å². The molecule has 2 aromatic carbocycles. The number of piperazine rings is 1. The zero-order valence-electron chi connectivity index (χ0n) is 15.7. The maximum absolute atomic E-state index is 12.9. The number of benzene rings is 2. The first-order chi connectivity index (χ1) is 14.0. The van der Waals surface area contributed by atoms with Gasteiger partial charge in [0.15, 0.2) is 0 Å². The van der Waals surface area contributed by atoms with Crippen molar-refractivity contribution >= 4 is 23.6 Å². The zero-order valence-corrected chi connectivity index (χ0v) is 15.7. The molecule has 4 amide bonds. The highest BCUT2D eigenvalue weighted by atomic mass is 16.2.